The number of aromatic nitrogens is 2. The Morgan fingerprint density at radius 2 is 1.54 bits per heavy atom. The summed E-state index contributed by atoms with van der Waals surface area (Å²) in [4.78, 5) is 8.15. The third-order valence-corrected chi connectivity index (χ3v) is 3.56. The minimum atomic E-state index is 0.193. The van der Waals surface area contributed by atoms with Crippen molar-refractivity contribution >= 4 is 11.6 Å². The van der Waals surface area contributed by atoms with E-state index in [2.05, 4.69) is 16.2 Å². The molecule has 0 saturated heterocycles. The van der Waals surface area contributed by atoms with E-state index in [0.29, 0.717) is 13.2 Å². The molecular weight excluding hydrogens is 324 g/mol. The van der Waals surface area contributed by atoms with Crippen LogP contribution in [0.2, 0.25) is 5.02 Å². The number of rotatable bonds is 7. The fourth-order valence-electron chi connectivity index (χ4n) is 2.10. The first-order chi connectivity index (χ1) is 11.8. The first-order valence-electron chi connectivity index (χ1n) is 7.60. The molecular formula is C19H16ClN2O2. The SMILES string of the molecule is Clc1[c]nc(OCc2ccccc2)nc1OCCc1ccccc1. The van der Waals surface area contributed by atoms with Crippen molar-refractivity contribution in [2.45, 2.75) is 13.0 Å². The Bertz CT molecular complexity index is 767. The summed E-state index contributed by atoms with van der Waals surface area (Å²) in [5.41, 5.74) is 2.22. The van der Waals surface area contributed by atoms with Crippen LogP contribution in [-0.4, -0.2) is 16.6 Å². The van der Waals surface area contributed by atoms with E-state index in [1.165, 1.54) is 5.56 Å². The molecule has 3 rings (SSSR count). The number of benzene rings is 2. The van der Waals surface area contributed by atoms with Gasteiger partial charge in [0.1, 0.15) is 17.8 Å². The first kappa shape index (κ1) is 16.3. The third-order valence-electron chi connectivity index (χ3n) is 3.32. The number of halogens is 1. The first-order valence-corrected chi connectivity index (χ1v) is 7.98. The molecule has 0 atom stereocenters. The summed E-state index contributed by atoms with van der Waals surface area (Å²) in [5, 5.41) is 0.245. The van der Waals surface area contributed by atoms with Crippen LogP contribution >= 0.6 is 11.6 Å². The van der Waals surface area contributed by atoms with Crippen molar-refractivity contribution in [3.8, 4) is 11.9 Å². The second-order valence-corrected chi connectivity index (χ2v) is 5.47. The van der Waals surface area contributed by atoms with Gasteiger partial charge in [-0.1, -0.05) is 72.3 Å². The minimum absolute atomic E-state index is 0.193. The van der Waals surface area contributed by atoms with Gasteiger partial charge < -0.3 is 9.47 Å². The Hall–Kier alpha value is -2.59. The van der Waals surface area contributed by atoms with Crippen LogP contribution in [0.3, 0.4) is 0 Å². The van der Waals surface area contributed by atoms with Gasteiger partial charge in [-0.05, 0) is 11.1 Å². The van der Waals surface area contributed by atoms with Gasteiger partial charge in [-0.3, -0.25) is 0 Å². The topological polar surface area (TPSA) is 44.2 Å². The molecule has 0 spiro atoms. The van der Waals surface area contributed by atoms with E-state index in [4.69, 9.17) is 21.1 Å². The largest absolute Gasteiger partial charge is 0.476 e. The summed E-state index contributed by atoms with van der Waals surface area (Å²) >= 11 is 6.03. The van der Waals surface area contributed by atoms with Gasteiger partial charge in [-0.25, -0.2) is 0 Å². The number of ether oxygens (including phenoxy) is 2. The molecule has 24 heavy (non-hydrogen) atoms. The van der Waals surface area contributed by atoms with Crippen molar-refractivity contribution in [1.82, 2.24) is 9.97 Å². The molecule has 1 radical (unpaired) electrons. The molecule has 0 amide bonds. The lowest BCUT2D eigenvalue weighted by Gasteiger charge is -2.09. The second-order valence-electron chi connectivity index (χ2n) is 5.10. The zero-order valence-electron chi connectivity index (χ0n) is 13.0. The van der Waals surface area contributed by atoms with Crippen LogP contribution in [0.25, 0.3) is 0 Å². The number of nitrogens with zero attached hydrogens (tertiary/aromatic N) is 2. The Kier molecular flexibility index (Phi) is 5.64. The van der Waals surface area contributed by atoms with Crippen LogP contribution in [0, 0.1) is 6.20 Å². The van der Waals surface area contributed by atoms with E-state index in [-0.39, 0.29) is 16.9 Å². The van der Waals surface area contributed by atoms with Gasteiger partial charge >= 0.3 is 6.01 Å². The zero-order valence-corrected chi connectivity index (χ0v) is 13.7. The summed E-state index contributed by atoms with van der Waals surface area (Å²) in [6.07, 6.45) is 3.42. The van der Waals surface area contributed by atoms with Crippen molar-refractivity contribution in [1.29, 1.82) is 0 Å². The Morgan fingerprint density at radius 1 is 0.875 bits per heavy atom. The molecule has 0 unspecified atom stereocenters. The molecule has 3 aromatic rings. The van der Waals surface area contributed by atoms with Crippen molar-refractivity contribution < 1.29 is 9.47 Å². The molecule has 0 saturated carbocycles. The summed E-state index contributed by atoms with van der Waals surface area (Å²) in [6, 6.07) is 20.1. The minimum Gasteiger partial charge on any atom is -0.476 e. The Morgan fingerprint density at radius 3 is 2.25 bits per heavy atom. The maximum atomic E-state index is 6.03. The average molecular weight is 340 g/mol. The van der Waals surface area contributed by atoms with E-state index in [1.807, 2.05) is 60.7 Å². The maximum Gasteiger partial charge on any atom is 0.320 e. The fraction of sp³-hybridized carbons (Fsp3) is 0.158. The predicted octanol–water partition coefficient (Wildman–Crippen LogP) is 4.13. The highest BCUT2D eigenvalue weighted by molar-refractivity contribution is 6.31. The predicted molar refractivity (Wildman–Crippen MR) is 92.3 cm³/mol. The standard InChI is InChI=1S/C19H16ClN2O2/c20-17-13-21-19(24-14-16-9-5-2-6-10-16)22-18(17)23-12-11-15-7-3-1-4-8-15/h1-10H,11-12,14H2. The zero-order chi connectivity index (χ0) is 16.6. The lowest BCUT2D eigenvalue weighted by molar-refractivity contribution is 0.263. The van der Waals surface area contributed by atoms with E-state index in [9.17, 15) is 0 Å². The second kappa shape index (κ2) is 8.31. The lowest BCUT2D eigenvalue weighted by atomic mass is 10.2. The molecule has 121 valence electrons. The van der Waals surface area contributed by atoms with Gasteiger partial charge in [0.25, 0.3) is 0 Å². The highest BCUT2D eigenvalue weighted by Gasteiger charge is 2.09. The Balaban J connectivity index is 1.57. The van der Waals surface area contributed by atoms with Crippen LogP contribution < -0.4 is 9.47 Å². The summed E-state index contributed by atoms with van der Waals surface area (Å²) in [7, 11) is 0. The van der Waals surface area contributed by atoms with E-state index < -0.39 is 0 Å². The highest BCUT2D eigenvalue weighted by Crippen LogP contribution is 2.22. The van der Waals surface area contributed by atoms with Gasteiger partial charge in [0, 0.05) is 6.42 Å². The normalized spacial score (nSPS) is 10.4. The molecule has 5 heteroatoms. The van der Waals surface area contributed by atoms with Gasteiger partial charge in [-0.2, -0.15) is 9.97 Å². The van der Waals surface area contributed by atoms with Gasteiger partial charge in [0.2, 0.25) is 5.88 Å². The molecule has 2 aromatic carbocycles. The van der Waals surface area contributed by atoms with Crippen LogP contribution in [0.4, 0.5) is 0 Å². The van der Waals surface area contributed by atoms with Crippen LogP contribution in [0.5, 0.6) is 11.9 Å². The van der Waals surface area contributed by atoms with Crippen LogP contribution in [-0.2, 0) is 13.0 Å². The monoisotopic (exact) mass is 339 g/mol. The van der Waals surface area contributed by atoms with E-state index in [1.54, 1.807) is 0 Å². The fourth-order valence-corrected chi connectivity index (χ4v) is 2.24. The quantitative estimate of drug-likeness (QED) is 0.649. The van der Waals surface area contributed by atoms with E-state index in [0.717, 1.165) is 12.0 Å². The molecule has 0 N–H and O–H groups in total. The summed E-state index contributed by atoms with van der Waals surface area (Å²) in [6.45, 7) is 0.840. The number of hydrogen-bond acceptors (Lipinski definition) is 4. The molecule has 0 fully saturated rings. The lowest BCUT2D eigenvalue weighted by Crippen LogP contribution is -2.05. The highest BCUT2D eigenvalue weighted by atomic mass is 35.5. The van der Waals surface area contributed by atoms with E-state index >= 15 is 0 Å². The number of hydrogen-bond donors (Lipinski definition) is 0. The molecule has 1 aromatic heterocycles. The van der Waals surface area contributed by atoms with Crippen LogP contribution in [0.1, 0.15) is 11.1 Å². The van der Waals surface area contributed by atoms with Gasteiger partial charge in [0.15, 0.2) is 0 Å². The molecule has 4 nitrogen and oxygen atoms in total. The van der Waals surface area contributed by atoms with Gasteiger partial charge in [-0.15, -0.1) is 0 Å². The molecule has 0 aliphatic heterocycles. The molecule has 0 bridgehead atoms. The molecule has 0 aliphatic rings. The van der Waals surface area contributed by atoms with Crippen LogP contribution in [0.15, 0.2) is 60.7 Å². The van der Waals surface area contributed by atoms with Crippen molar-refractivity contribution in [2.75, 3.05) is 6.61 Å². The van der Waals surface area contributed by atoms with Crippen molar-refractivity contribution in [3.05, 3.63) is 83.0 Å². The summed E-state index contributed by atoms with van der Waals surface area (Å²) < 4.78 is 11.2. The average Bonchev–Trinajstić information content (AvgIpc) is 2.64. The summed E-state index contributed by atoms with van der Waals surface area (Å²) in [5.74, 6) is 0.283. The maximum absolute atomic E-state index is 6.03. The van der Waals surface area contributed by atoms with Gasteiger partial charge in [0.05, 0.1) is 6.61 Å². The van der Waals surface area contributed by atoms with Crippen molar-refractivity contribution in [3.63, 3.8) is 0 Å². The molecule has 0 aliphatic carbocycles. The smallest absolute Gasteiger partial charge is 0.320 e. The molecule has 1 heterocycles. The Labute approximate surface area is 146 Å². The third kappa shape index (κ3) is 4.70. The van der Waals surface area contributed by atoms with Crippen molar-refractivity contribution in [2.24, 2.45) is 0 Å².